The van der Waals surface area contributed by atoms with Crippen molar-refractivity contribution in [3.63, 3.8) is 0 Å². The van der Waals surface area contributed by atoms with Gasteiger partial charge < -0.3 is 10.2 Å². The Morgan fingerprint density at radius 3 is 2.69 bits per heavy atom. The van der Waals surface area contributed by atoms with Gasteiger partial charge in [0.2, 0.25) is 0 Å². The number of hydrogen-bond acceptors (Lipinski definition) is 3. The molecule has 1 heterocycles. The maximum absolute atomic E-state index is 10.1. The Kier molecular flexibility index (Phi) is 3.65. The second kappa shape index (κ2) is 5.01. The molecule has 3 heteroatoms. The third kappa shape index (κ3) is 2.85. The van der Waals surface area contributed by atoms with E-state index in [1.165, 1.54) is 17.8 Å². The molecule has 1 atom stereocenters. The quantitative estimate of drug-likeness (QED) is 0.735. The number of aliphatic hydroxyl groups excluding tert-OH is 1. The summed E-state index contributed by atoms with van der Waals surface area (Å²) in [6.45, 7) is 0. The smallest absolute Gasteiger partial charge is 0.149 e. The summed E-state index contributed by atoms with van der Waals surface area (Å²) in [6.07, 6.45) is 3.94. The van der Waals surface area contributed by atoms with Crippen LogP contribution in [-0.2, 0) is 0 Å². The molecule has 2 rings (SSSR count). The van der Waals surface area contributed by atoms with E-state index >= 15 is 0 Å². The van der Waals surface area contributed by atoms with Gasteiger partial charge in [-0.05, 0) is 37.1 Å². The van der Waals surface area contributed by atoms with Crippen molar-refractivity contribution in [1.82, 2.24) is 0 Å². The van der Waals surface area contributed by atoms with Crippen LogP contribution in [0, 0.1) is 11.8 Å². The van der Waals surface area contributed by atoms with Crippen molar-refractivity contribution in [3.8, 4) is 11.8 Å². The first kappa shape index (κ1) is 11.7. The van der Waals surface area contributed by atoms with Crippen molar-refractivity contribution in [3.05, 3.63) is 22.4 Å². The van der Waals surface area contributed by atoms with E-state index in [1.54, 1.807) is 0 Å². The molecule has 1 aliphatic carbocycles. The van der Waals surface area contributed by atoms with E-state index in [1.807, 2.05) is 17.5 Å². The van der Waals surface area contributed by atoms with Gasteiger partial charge in [0.1, 0.15) is 11.7 Å². The molecule has 1 fully saturated rings. The number of thiophene rings is 1. The van der Waals surface area contributed by atoms with Crippen LogP contribution < -0.4 is 0 Å². The van der Waals surface area contributed by atoms with E-state index in [-0.39, 0.29) is 0 Å². The van der Waals surface area contributed by atoms with Crippen molar-refractivity contribution >= 4 is 11.3 Å². The van der Waals surface area contributed by atoms with Crippen LogP contribution in [0.3, 0.4) is 0 Å². The Morgan fingerprint density at radius 1 is 1.31 bits per heavy atom. The fourth-order valence-electron chi connectivity index (χ4n) is 1.98. The maximum atomic E-state index is 10.1. The van der Waals surface area contributed by atoms with Gasteiger partial charge in [0, 0.05) is 4.88 Å². The van der Waals surface area contributed by atoms with Gasteiger partial charge in [0.25, 0.3) is 0 Å². The number of rotatable bonds is 1. The molecule has 1 saturated carbocycles. The van der Waals surface area contributed by atoms with Crippen molar-refractivity contribution in [2.24, 2.45) is 0 Å². The van der Waals surface area contributed by atoms with Gasteiger partial charge in [-0.1, -0.05) is 24.3 Å². The molecular weight excluding hydrogens is 220 g/mol. The minimum Gasteiger partial charge on any atom is -0.378 e. The first-order valence-electron chi connectivity index (χ1n) is 5.66. The van der Waals surface area contributed by atoms with E-state index in [2.05, 4.69) is 11.8 Å². The molecule has 16 heavy (non-hydrogen) atoms. The molecule has 0 saturated heterocycles. The number of hydrogen-bond donors (Lipinski definition) is 2. The van der Waals surface area contributed by atoms with Crippen LogP contribution in [0.15, 0.2) is 17.5 Å². The molecule has 0 aromatic carbocycles. The minimum absolute atomic E-state index is 0.733. The standard InChI is InChI=1S/C13H16O2S/c14-11(12-5-4-10-16-12)6-9-13(15)7-2-1-3-8-13/h4-5,10-11,14-15H,1-3,7-8H2. The second-order valence-electron chi connectivity index (χ2n) is 4.28. The highest BCUT2D eigenvalue weighted by Gasteiger charge is 2.26. The highest BCUT2D eigenvalue weighted by atomic mass is 32.1. The predicted octanol–water partition coefficient (Wildman–Crippen LogP) is 2.48. The zero-order valence-electron chi connectivity index (χ0n) is 9.15. The molecule has 2 N–H and O–H groups in total. The molecular formula is C13H16O2S. The van der Waals surface area contributed by atoms with Crippen molar-refractivity contribution in [2.45, 2.75) is 43.8 Å². The zero-order valence-corrected chi connectivity index (χ0v) is 9.96. The lowest BCUT2D eigenvalue weighted by atomic mass is 9.85. The average Bonchev–Trinajstić information content (AvgIpc) is 2.80. The van der Waals surface area contributed by atoms with E-state index < -0.39 is 11.7 Å². The lowest BCUT2D eigenvalue weighted by Crippen LogP contribution is -2.29. The Hall–Kier alpha value is -0.820. The van der Waals surface area contributed by atoms with Gasteiger partial charge >= 0.3 is 0 Å². The molecule has 0 radical (unpaired) electrons. The predicted molar refractivity (Wildman–Crippen MR) is 65.1 cm³/mol. The molecule has 1 aromatic rings. The Labute approximate surface area is 99.9 Å². The summed E-state index contributed by atoms with van der Waals surface area (Å²) in [5, 5.41) is 21.8. The molecule has 1 aromatic heterocycles. The summed E-state index contributed by atoms with van der Waals surface area (Å²) in [7, 11) is 0. The monoisotopic (exact) mass is 236 g/mol. The van der Waals surface area contributed by atoms with E-state index in [9.17, 15) is 10.2 Å². The summed E-state index contributed by atoms with van der Waals surface area (Å²) < 4.78 is 0. The molecule has 1 unspecified atom stereocenters. The van der Waals surface area contributed by atoms with Gasteiger partial charge in [-0.25, -0.2) is 0 Å². The third-order valence-electron chi connectivity index (χ3n) is 2.93. The van der Waals surface area contributed by atoms with Crippen LogP contribution in [-0.4, -0.2) is 15.8 Å². The Balaban J connectivity index is 2.03. The molecule has 0 aliphatic heterocycles. The van der Waals surface area contributed by atoms with Crippen LogP contribution in [0.1, 0.15) is 43.1 Å². The molecule has 1 aliphatic rings. The van der Waals surface area contributed by atoms with Gasteiger partial charge in [-0.15, -0.1) is 11.3 Å². The topological polar surface area (TPSA) is 40.5 Å². The number of aliphatic hydroxyl groups is 2. The molecule has 0 bridgehead atoms. The van der Waals surface area contributed by atoms with E-state index in [0.29, 0.717) is 0 Å². The zero-order chi connectivity index (χ0) is 11.4. The summed E-state index contributed by atoms with van der Waals surface area (Å²) >= 11 is 1.48. The van der Waals surface area contributed by atoms with Crippen molar-refractivity contribution in [1.29, 1.82) is 0 Å². The third-order valence-corrected chi connectivity index (χ3v) is 3.86. The lowest BCUT2D eigenvalue weighted by Gasteiger charge is -2.26. The minimum atomic E-state index is -0.865. The van der Waals surface area contributed by atoms with Crippen LogP contribution >= 0.6 is 11.3 Å². The fourth-order valence-corrected chi connectivity index (χ4v) is 2.64. The lowest BCUT2D eigenvalue weighted by molar-refractivity contribution is 0.0604. The first-order valence-corrected chi connectivity index (χ1v) is 6.54. The first-order chi connectivity index (χ1) is 7.70. The van der Waals surface area contributed by atoms with E-state index in [4.69, 9.17) is 0 Å². The average molecular weight is 236 g/mol. The van der Waals surface area contributed by atoms with E-state index in [0.717, 1.165) is 30.6 Å². The van der Waals surface area contributed by atoms with Gasteiger partial charge in [0.15, 0.2) is 0 Å². The maximum Gasteiger partial charge on any atom is 0.149 e. The summed E-state index contributed by atoms with van der Waals surface area (Å²) in [6, 6.07) is 3.75. The summed E-state index contributed by atoms with van der Waals surface area (Å²) in [4.78, 5) is 0.840. The van der Waals surface area contributed by atoms with Crippen LogP contribution in [0.25, 0.3) is 0 Å². The van der Waals surface area contributed by atoms with Crippen LogP contribution in [0.4, 0.5) is 0 Å². The molecule has 0 amide bonds. The Morgan fingerprint density at radius 2 is 2.06 bits per heavy atom. The molecule has 2 nitrogen and oxygen atoms in total. The Bertz CT molecular complexity index is 380. The highest BCUT2D eigenvalue weighted by Crippen LogP contribution is 2.27. The van der Waals surface area contributed by atoms with Crippen LogP contribution in [0.2, 0.25) is 0 Å². The SMILES string of the molecule is OC(C#CC1(O)CCCCC1)c1cccs1. The van der Waals surface area contributed by atoms with Crippen LogP contribution in [0.5, 0.6) is 0 Å². The van der Waals surface area contributed by atoms with Gasteiger partial charge in [0.05, 0.1) is 0 Å². The highest BCUT2D eigenvalue weighted by molar-refractivity contribution is 7.10. The fraction of sp³-hybridized carbons (Fsp3) is 0.538. The molecule has 0 spiro atoms. The summed E-state index contributed by atoms with van der Waals surface area (Å²) in [5.74, 6) is 5.61. The normalized spacial score (nSPS) is 20.9. The molecule has 86 valence electrons. The largest absolute Gasteiger partial charge is 0.378 e. The van der Waals surface area contributed by atoms with Crippen molar-refractivity contribution < 1.29 is 10.2 Å². The summed E-state index contributed by atoms with van der Waals surface area (Å²) in [5.41, 5.74) is -0.865. The van der Waals surface area contributed by atoms with Gasteiger partial charge in [-0.3, -0.25) is 0 Å². The van der Waals surface area contributed by atoms with Gasteiger partial charge in [-0.2, -0.15) is 0 Å². The second-order valence-corrected chi connectivity index (χ2v) is 5.26. The van der Waals surface area contributed by atoms with Crippen molar-refractivity contribution in [2.75, 3.05) is 0 Å².